The number of hydrogen-bond donors (Lipinski definition) is 1. The fraction of sp³-hybridized carbons (Fsp3) is 0.611. The monoisotopic (exact) mass is 339 g/mol. The molecule has 130 valence electrons. The molecule has 25 heavy (non-hydrogen) atoms. The van der Waals surface area contributed by atoms with Crippen LogP contribution in [0, 0.1) is 28.1 Å². The zero-order valence-electron chi connectivity index (χ0n) is 14.7. The topological polar surface area (TPSA) is 112 Å². The van der Waals surface area contributed by atoms with Gasteiger partial charge in [0.15, 0.2) is 11.4 Å². The Morgan fingerprint density at radius 1 is 1.32 bits per heavy atom. The Morgan fingerprint density at radius 3 is 2.64 bits per heavy atom. The highest BCUT2D eigenvalue weighted by molar-refractivity contribution is 5.91. The molecule has 1 aromatic rings. The summed E-state index contributed by atoms with van der Waals surface area (Å²) < 4.78 is 5.02. The quantitative estimate of drug-likeness (QED) is 0.814. The Balaban J connectivity index is 2.04. The lowest BCUT2D eigenvalue weighted by Gasteiger charge is -2.36. The van der Waals surface area contributed by atoms with Crippen molar-refractivity contribution in [1.82, 2.24) is 15.3 Å². The number of amides is 1. The molecule has 1 N–H and O–H groups in total. The molecular weight excluding hydrogens is 318 g/mol. The minimum Gasteiger partial charge on any atom is -0.385 e. The molecule has 2 aliphatic carbocycles. The van der Waals surface area contributed by atoms with E-state index in [2.05, 4.69) is 29.1 Å². The van der Waals surface area contributed by atoms with Crippen molar-refractivity contribution >= 4 is 5.91 Å². The smallest absolute Gasteiger partial charge is 0.232 e. The van der Waals surface area contributed by atoms with Crippen molar-refractivity contribution in [2.45, 2.75) is 44.4 Å². The number of methoxy groups -OCH3 is 1. The molecule has 0 aromatic carbocycles. The predicted molar refractivity (Wildman–Crippen MR) is 88.4 cm³/mol. The molecule has 2 aliphatic rings. The first-order chi connectivity index (χ1) is 11.9. The molecule has 1 aromatic heterocycles. The highest BCUT2D eigenvalue weighted by Crippen LogP contribution is 2.67. The van der Waals surface area contributed by atoms with Crippen LogP contribution in [0.3, 0.4) is 0 Å². The second-order valence-electron chi connectivity index (χ2n) is 7.20. The lowest BCUT2D eigenvalue weighted by molar-refractivity contribution is -0.130. The SMILES string of the molecule is COCCCNC(=O)[C@]12CC[C@@H](c3nc(C#N)c(C#N)nc31)C2(C)C. The zero-order chi connectivity index (χ0) is 18.2. The van der Waals surface area contributed by atoms with E-state index < -0.39 is 5.41 Å². The van der Waals surface area contributed by atoms with Gasteiger partial charge in [0.2, 0.25) is 5.91 Å². The number of carbonyl (C=O) groups excluding carboxylic acids is 1. The van der Waals surface area contributed by atoms with Crippen molar-refractivity contribution in [2.24, 2.45) is 5.41 Å². The summed E-state index contributed by atoms with van der Waals surface area (Å²) in [6, 6.07) is 3.88. The molecule has 1 amide bonds. The molecule has 1 heterocycles. The molecule has 7 heteroatoms. The lowest BCUT2D eigenvalue weighted by Crippen LogP contribution is -2.50. The standard InChI is InChI=1S/C18H21N5O2/c1-17(2)11-5-6-18(17,16(24)21-7-4-8-25-3)15-14(11)22-12(9-19)13(10-20)23-15/h11H,4-8H2,1-3H3,(H,21,24)/t11-,18-/m0/s1. The van der Waals surface area contributed by atoms with Crippen molar-refractivity contribution in [3.63, 3.8) is 0 Å². The molecule has 1 saturated carbocycles. The largest absolute Gasteiger partial charge is 0.385 e. The molecule has 0 radical (unpaired) electrons. The summed E-state index contributed by atoms with van der Waals surface area (Å²) in [7, 11) is 1.63. The number of nitrogens with zero attached hydrogens (tertiary/aromatic N) is 4. The molecule has 3 rings (SSSR count). The van der Waals surface area contributed by atoms with Crippen LogP contribution in [-0.4, -0.2) is 36.1 Å². The lowest BCUT2D eigenvalue weighted by atomic mass is 9.67. The first-order valence-corrected chi connectivity index (χ1v) is 8.44. The summed E-state index contributed by atoms with van der Waals surface area (Å²) in [5.74, 6) is -0.00248. The van der Waals surface area contributed by atoms with Gasteiger partial charge in [-0.15, -0.1) is 0 Å². The molecule has 1 fully saturated rings. The van der Waals surface area contributed by atoms with Gasteiger partial charge < -0.3 is 10.1 Å². The van der Waals surface area contributed by atoms with Crippen LogP contribution in [0.4, 0.5) is 0 Å². The van der Waals surface area contributed by atoms with Crippen LogP contribution in [0.1, 0.15) is 61.8 Å². The van der Waals surface area contributed by atoms with E-state index in [-0.39, 0.29) is 28.6 Å². The van der Waals surface area contributed by atoms with Crippen LogP contribution in [0.15, 0.2) is 0 Å². The van der Waals surface area contributed by atoms with E-state index in [0.717, 1.165) is 12.8 Å². The maximum Gasteiger partial charge on any atom is 0.232 e. The normalized spacial score (nSPS) is 25.1. The fourth-order valence-corrected chi connectivity index (χ4v) is 4.49. The van der Waals surface area contributed by atoms with Gasteiger partial charge in [-0.1, -0.05) is 13.8 Å². The molecular formula is C18H21N5O2. The van der Waals surface area contributed by atoms with E-state index in [4.69, 9.17) is 4.74 Å². The Kier molecular flexibility index (Phi) is 4.22. The second-order valence-corrected chi connectivity index (χ2v) is 7.20. The average molecular weight is 339 g/mol. The zero-order valence-corrected chi connectivity index (χ0v) is 14.7. The number of ether oxygens (including phenoxy) is 1. The van der Waals surface area contributed by atoms with E-state index in [1.54, 1.807) is 7.11 Å². The van der Waals surface area contributed by atoms with Crippen LogP contribution in [0.2, 0.25) is 0 Å². The van der Waals surface area contributed by atoms with Crippen molar-refractivity contribution < 1.29 is 9.53 Å². The number of aromatic nitrogens is 2. The van der Waals surface area contributed by atoms with Gasteiger partial charge in [-0.25, -0.2) is 9.97 Å². The van der Waals surface area contributed by atoms with Gasteiger partial charge in [0.1, 0.15) is 12.1 Å². The summed E-state index contributed by atoms with van der Waals surface area (Å²) in [5, 5.41) is 21.5. The van der Waals surface area contributed by atoms with Crippen molar-refractivity contribution in [1.29, 1.82) is 10.5 Å². The number of nitrogens with one attached hydrogen (secondary N) is 1. The minimum absolute atomic E-state index is 0.00356. The Morgan fingerprint density at radius 2 is 2.00 bits per heavy atom. The second kappa shape index (κ2) is 6.09. The van der Waals surface area contributed by atoms with E-state index in [1.165, 1.54) is 0 Å². The van der Waals surface area contributed by atoms with Crippen molar-refractivity contribution in [2.75, 3.05) is 20.3 Å². The maximum absolute atomic E-state index is 13.2. The van der Waals surface area contributed by atoms with E-state index in [1.807, 2.05) is 12.1 Å². The third-order valence-electron chi connectivity index (χ3n) is 5.85. The number of rotatable bonds is 5. The summed E-state index contributed by atoms with van der Waals surface area (Å²) >= 11 is 0. The van der Waals surface area contributed by atoms with Crippen molar-refractivity contribution in [3.05, 3.63) is 22.8 Å². The Bertz CT molecular complexity index is 805. The predicted octanol–water partition coefficient (Wildman–Crippen LogP) is 1.53. The third kappa shape index (κ3) is 2.23. The van der Waals surface area contributed by atoms with Crippen LogP contribution in [-0.2, 0) is 14.9 Å². The molecule has 0 aliphatic heterocycles. The van der Waals surface area contributed by atoms with Crippen LogP contribution < -0.4 is 5.32 Å². The molecule has 2 bridgehead atoms. The summed E-state index contributed by atoms with van der Waals surface area (Å²) in [6.45, 7) is 5.22. The van der Waals surface area contributed by atoms with Gasteiger partial charge in [0.05, 0.1) is 16.8 Å². The maximum atomic E-state index is 13.2. The van der Waals surface area contributed by atoms with Crippen LogP contribution >= 0.6 is 0 Å². The number of fused-ring (bicyclic) bond motifs is 5. The number of hydrogen-bond acceptors (Lipinski definition) is 6. The van der Waals surface area contributed by atoms with Crippen molar-refractivity contribution in [3.8, 4) is 12.1 Å². The first kappa shape index (κ1) is 17.3. The van der Waals surface area contributed by atoms with Gasteiger partial charge in [-0.3, -0.25) is 4.79 Å². The molecule has 7 nitrogen and oxygen atoms in total. The Labute approximate surface area is 147 Å². The van der Waals surface area contributed by atoms with E-state index >= 15 is 0 Å². The molecule has 0 saturated heterocycles. The van der Waals surface area contributed by atoms with Crippen LogP contribution in [0.5, 0.6) is 0 Å². The average Bonchev–Trinajstić information content (AvgIpc) is 2.99. The third-order valence-corrected chi connectivity index (χ3v) is 5.85. The molecule has 0 unspecified atom stereocenters. The summed E-state index contributed by atoms with van der Waals surface area (Å²) in [5.41, 5.74) is 0.164. The van der Waals surface area contributed by atoms with Gasteiger partial charge in [-0.2, -0.15) is 10.5 Å². The Hall–Kier alpha value is -2.51. The first-order valence-electron chi connectivity index (χ1n) is 8.44. The number of carbonyl (C=O) groups is 1. The molecule has 2 atom stereocenters. The van der Waals surface area contributed by atoms with Crippen LogP contribution in [0.25, 0.3) is 0 Å². The molecule has 0 spiro atoms. The van der Waals surface area contributed by atoms with E-state index in [0.29, 0.717) is 31.0 Å². The highest BCUT2D eigenvalue weighted by Gasteiger charge is 2.67. The summed E-state index contributed by atoms with van der Waals surface area (Å²) in [4.78, 5) is 22.0. The van der Waals surface area contributed by atoms with Gasteiger partial charge in [0, 0.05) is 26.2 Å². The van der Waals surface area contributed by atoms with E-state index in [9.17, 15) is 15.3 Å². The van der Waals surface area contributed by atoms with Gasteiger partial charge in [-0.05, 0) is 24.7 Å². The number of nitriles is 2. The summed E-state index contributed by atoms with van der Waals surface area (Å²) in [6.07, 6.45) is 2.24. The van der Waals surface area contributed by atoms with Gasteiger partial charge >= 0.3 is 0 Å². The minimum atomic E-state index is -0.799. The fourth-order valence-electron chi connectivity index (χ4n) is 4.49. The highest BCUT2D eigenvalue weighted by atomic mass is 16.5. The van der Waals surface area contributed by atoms with Gasteiger partial charge in [0.25, 0.3) is 0 Å².